The van der Waals surface area contributed by atoms with Crippen LogP contribution < -0.4 is 14.4 Å². The van der Waals surface area contributed by atoms with Crippen molar-refractivity contribution in [1.29, 1.82) is 0 Å². The molecule has 180 valence electrons. The fraction of sp³-hybridized carbons (Fsp3) is 0.240. The smallest absolute Gasteiger partial charge is 0.264 e. The third-order valence-corrected chi connectivity index (χ3v) is 7.19. The third kappa shape index (κ3) is 6.48. The number of halogens is 2. The van der Waals surface area contributed by atoms with E-state index >= 15 is 0 Å². The molecule has 9 heteroatoms. The van der Waals surface area contributed by atoms with Crippen LogP contribution in [0.2, 0.25) is 5.02 Å². The van der Waals surface area contributed by atoms with Gasteiger partial charge in [0.1, 0.15) is 18.1 Å². The van der Waals surface area contributed by atoms with Gasteiger partial charge in [-0.1, -0.05) is 41.4 Å². The molecule has 0 aromatic heterocycles. The summed E-state index contributed by atoms with van der Waals surface area (Å²) in [6, 6.07) is 17.1. The van der Waals surface area contributed by atoms with Crippen LogP contribution in [0.4, 0.5) is 10.1 Å². The van der Waals surface area contributed by atoms with E-state index in [0.29, 0.717) is 24.4 Å². The summed E-state index contributed by atoms with van der Waals surface area (Å²) < 4.78 is 46.4. The highest BCUT2D eigenvalue weighted by molar-refractivity contribution is 7.92. The predicted molar refractivity (Wildman–Crippen MR) is 131 cm³/mol. The van der Waals surface area contributed by atoms with Crippen molar-refractivity contribution in [2.45, 2.75) is 24.7 Å². The molecule has 0 bridgehead atoms. The van der Waals surface area contributed by atoms with Crippen LogP contribution in [-0.2, 0) is 21.2 Å². The molecular formula is C25H26ClFN2O4S. The fourth-order valence-corrected chi connectivity index (χ4v) is 4.94. The molecule has 0 aliphatic carbocycles. The first-order valence-corrected chi connectivity index (χ1v) is 12.5. The highest BCUT2D eigenvalue weighted by Crippen LogP contribution is 2.34. The van der Waals surface area contributed by atoms with E-state index in [-0.39, 0.29) is 22.1 Å². The SMILES string of the molecule is COc1ccc(Cl)cc1N(CC(=O)NCCCc1ccc(F)cc1)S(=O)(=O)c1ccc(C)cc1. The molecule has 1 N–H and O–H groups in total. The Balaban J connectivity index is 1.78. The van der Waals surface area contributed by atoms with Crippen LogP contribution in [0.3, 0.4) is 0 Å². The number of anilines is 1. The Kier molecular flexibility index (Phi) is 8.52. The number of rotatable bonds is 10. The maximum atomic E-state index is 13.5. The quantitative estimate of drug-likeness (QED) is 0.405. The maximum absolute atomic E-state index is 13.5. The molecule has 3 aromatic rings. The zero-order valence-corrected chi connectivity index (χ0v) is 20.5. The molecule has 1 amide bonds. The highest BCUT2D eigenvalue weighted by atomic mass is 35.5. The molecule has 0 saturated heterocycles. The monoisotopic (exact) mass is 504 g/mol. The number of amides is 1. The zero-order chi connectivity index (χ0) is 24.7. The second kappa shape index (κ2) is 11.4. The van der Waals surface area contributed by atoms with Gasteiger partial charge >= 0.3 is 0 Å². The number of sulfonamides is 1. The van der Waals surface area contributed by atoms with Gasteiger partial charge in [0.05, 0.1) is 17.7 Å². The van der Waals surface area contributed by atoms with Crippen molar-refractivity contribution in [3.05, 3.63) is 88.7 Å². The average molecular weight is 505 g/mol. The van der Waals surface area contributed by atoms with E-state index in [2.05, 4.69) is 5.32 Å². The number of methoxy groups -OCH3 is 1. The first-order chi connectivity index (χ1) is 16.2. The summed E-state index contributed by atoms with van der Waals surface area (Å²) in [5.74, 6) is -0.510. The summed E-state index contributed by atoms with van der Waals surface area (Å²) in [4.78, 5) is 12.8. The van der Waals surface area contributed by atoms with Crippen LogP contribution >= 0.6 is 11.6 Å². The van der Waals surface area contributed by atoms with E-state index in [1.165, 1.54) is 37.4 Å². The van der Waals surface area contributed by atoms with E-state index < -0.39 is 22.5 Å². The third-order valence-electron chi connectivity index (χ3n) is 5.18. The fourth-order valence-electron chi connectivity index (χ4n) is 3.35. The van der Waals surface area contributed by atoms with Gasteiger partial charge in [-0.3, -0.25) is 9.10 Å². The van der Waals surface area contributed by atoms with Crippen molar-refractivity contribution in [2.24, 2.45) is 0 Å². The van der Waals surface area contributed by atoms with Crippen molar-refractivity contribution < 1.29 is 22.3 Å². The van der Waals surface area contributed by atoms with E-state index in [9.17, 15) is 17.6 Å². The maximum Gasteiger partial charge on any atom is 0.264 e. The molecule has 6 nitrogen and oxygen atoms in total. The van der Waals surface area contributed by atoms with E-state index in [1.54, 1.807) is 36.4 Å². The topological polar surface area (TPSA) is 75.7 Å². The summed E-state index contributed by atoms with van der Waals surface area (Å²) in [5.41, 5.74) is 2.02. The van der Waals surface area contributed by atoms with Gasteiger partial charge in [-0.15, -0.1) is 0 Å². The number of nitrogens with one attached hydrogen (secondary N) is 1. The van der Waals surface area contributed by atoms with Crippen molar-refractivity contribution >= 4 is 33.2 Å². The Bertz CT molecular complexity index is 1230. The van der Waals surface area contributed by atoms with Crippen LogP contribution in [0.5, 0.6) is 5.75 Å². The number of benzene rings is 3. The van der Waals surface area contributed by atoms with E-state index in [1.807, 2.05) is 6.92 Å². The molecule has 3 aromatic carbocycles. The van der Waals surface area contributed by atoms with Crippen molar-refractivity contribution in [1.82, 2.24) is 5.32 Å². The Morgan fingerprint density at radius 3 is 2.38 bits per heavy atom. The number of carbonyl (C=O) groups is 1. The molecule has 0 spiro atoms. The van der Waals surface area contributed by atoms with Crippen LogP contribution in [0.15, 0.2) is 71.6 Å². The van der Waals surface area contributed by atoms with Gasteiger partial charge in [-0.2, -0.15) is 0 Å². The van der Waals surface area contributed by atoms with Crippen molar-refractivity contribution in [2.75, 3.05) is 24.5 Å². The molecule has 0 saturated carbocycles. The lowest BCUT2D eigenvalue weighted by Gasteiger charge is -2.26. The molecular weight excluding hydrogens is 479 g/mol. The molecule has 0 heterocycles. The Morgan fingerprint density at radius 2 is 1.74 bits per heavy atom. The Hall–Kier alpha value is -3.10. The molecule has 0 unspecified atom stereocenters. The van der Waals surface area contributed by atoms with Crippen molar-refractivity contribution in [3.8, 4) is 5.75 Å². The van der Waals surface area contributed by atoms with Crippen LogP contribution in [-0.4, -0.2) is 34.5 Å². The summed E-state index contributed by atoms with van der Waals surface area (Å²) in [6.07, 6.45) is 1.26. The van der Waals surface area contributed by atoms with Gasteiger partial charge < -0.3 is 10.1 Å². The number of hydrogen-bond donors (Lipinski definition) is 1. The Labute approximate surface area is 204 Å². The lowest BCUT2D eigenvalue weighted by Crippen LogP contribution is -2.41. The van der Waals surface area contributed by atoms with Crippen LogP contribution in [0.1, 0.15) is 17.5 Å². The Morgan fingerprint density at radius 1 is 1.06 bits per heavy atom. The highest BCUT2D eigenvalue weighted by Gasteiger charge is 2.29. The first kappa shape index (κ1) is 25.5. The lowest BCUT2D eigenvalue weighted by atomic mass is 10.1. The van der Waals surface area contributed by atoms with Gasteiger partial charge in [0, 0.05) is 11.6 Å². The molecule has 0 aliphatic heterocycles. The number of aryl methyl sites for hydroxylation is 2. The normalized spacial score (nSPS) is 11.2. The minimum absolute atomic E-state index is 0.0456. The molecule has 3 rings (SSSR count). The number of ether oxygens (including phenoxy) is 1. The largest absolute Gasteiger partial charge is 0.495 e. The predicted octanol–water partition coefficient (Wildman–Crippen LogP) is 4.74. The van der Waals surface area contributed by atoms with Gasteiger partial charge in [-0.05, 0) is 67.8 Å². The molecule has 34 heavy (non-hydrogen) atoms. The second-order valence-electron chi connectivity index (χ2n) is 7.72. The van der Waals surface area contributed by atoms with Crippen molar-refractivity contribution in [3.63, 3.8) is 0 Å². The molecule has 0 aliphatic rings. The first-order valence-electron chi connectivity index (χ1n) is 10.6. The second-order valence-corrected chi connectivity index (χ2v) is 10.0. The molecule has 0 fully saturated rings. The molecule has 0 atom stereocenters. The van der Waals surface area contributed by atoms with E-state index in [4.69, 9.17) is 16.3 Å². The van der Waals surface area contributed by atoms with Gasteiger partial charge in [0.15, 0.2) is 0 Å². The number of nitrogens with zero attached hydrogens (tertiary/aromatic N) is 1. The number of carbonyl (C=O) groups excluding carboxylic acids is 1. The minimum atomic E-state index is -4.09. The van der Waals surface area contributed by atoms with Gasteiger partial charge in [-0.25, -0.2) is 12.8 Å². The van der Waals surface area contributed by atoms with Crippen LogP contribution in [0.25, 0.3) is 0 Å². The summed E-state index contributed by atoms with van der Waals surface area (Å²) in [6.45, 7) is 1.73. The summed E-state index contributed by atoms with van der Waals surface area (Å²) in [5, 5.41) is 3.06. The standard InChI is InChI=1S/C25H26ClFN2O4S/c1-18-5-12-22(13-6-18)34(31,32)29(23-16-20(26)9-14-24(23)33-2)17-25(30)28-15-3-4-19-7-10-21(27)11-8-19/h5-14,16H,3-4,15,17H2,1-2H3,(H,28,30). The summed E-state index contributed by atoms with van der Waals surface area (Å²) in [7, 11) is -2.68. The average Bonchev–Trinajstić information content (AvgIpc) is 2.81. The summed E-state index contributed by atoms with van der Waals surface area (Å²) >= 11 is 6.14. The lowest BCUT2D eigenvalue weighted by molar-refractivity contribution is -0.119. The van der Waals surface area contributed by atoms with Crippen LogP contribution in [0, 0.1) is 12.7 Å². The molecule has 0 radical (unpaired) electrons. The number of hydrogen-bond acceptors (Lipinski definition) is 4. The van der Waals surface area contributed by atoms with Gasteiger partial charge in [0.25, 0.3) is 10.0 Å². The zero-order valence-electron chi connectivity index (χ0n) is 18.9. The minimum Gasteiger partial charge on any atom is -0.495 e. The van der Waals surface area contributed by atoms with Gasteiger partial charge in [0.2, 0.25) is 5.91 Å². The van der Waals surface area contributed by atoms with E-state index in [0.717, 1.165) is 15.4 Å².